The minimum absolute atomic E-state index is 0.230. The highest BCUT2D eigenvalue weighted by molar-refractivity contribution is 5.35. The first kappa shape index (κ1) is 11.0. The summed E-state index contributed by atoms with van der Waals surface area (Å²) >= 11 is 0. The second kappa shape index (κ2) is 4.43. The summed E-state index contributed by atoms with van der Waals surface area (Å²) in [7, 11) is 0. The fourth-order valence-electron chi connectivity index (χ4n) is 1.02. The summed E-state index contributed by atoms with van der Waals surface area (Å²) in [6, 6.07) is 3.79. The SMILES string of the molecule is N#CCc1cc(C(F)F)c(C#N)nc1F. The van der Waals surface area contributed by atoms with E-state index in [1.807, 2.05) is 0 Å². The lowest BCUT2D eigenvalue weighted by atomic mass is 10.1. The third kappa shape index (κ3) is 2.23. The number of hydrogen-bond donors (Lipinski definition) is 0. The Balaban J connectivity index is 3.33. The van der Waals surface area contributed by atoms with Crippen molar-refractivity contribution in [2.45, 2.75) is 12.8 Å². The van der Waals surface area contributed by atoms with Crippen molar-refractivity contribution in [3.8, 4) is 12.1 Å². The van der Waals surface area contributed by atoms with Crippen LogP contribution in [0, 0.1) is 28.6 Å². The van der Waals surface area contributed by atoms with Gasteiger partial charge in [0, 0.05) is 5.56 Å². The maximum atomic E-state index is 13.0. The van der Waals surface area contributed by atoms with Crippen molar-refractivity contribution in [1.29, 1.82) is 10.5 Å². The van der Waals surface area contributed by atoms with Crippen LogP contribution in [0.15, 0.2) is 6.07 Å². The van der Waals surface area contributed by atoms with Crippen molar-refractivity contribution in [1.82, 2.24) is 4.98 Å². The molecule has 6 heteroatoms. The maximum Gasteiger partial charge on any atom is 0.266 e. The van der Waals surface area contributed by atoms with Gasteiger partial charge in [-0.2, -0.15) is 14.9 Å². The van der Waals surface area contributed by atoms with E-state index in [2.05, 4.69) is 4.98 Å². The number of aromatic nitrogens is 1. The molecule has 1 heterocycles. The quantitative estimate of drug-likeness (QED) is 0.703. The van der Waals surface area contributed by atoms with E-state index in [0.29, 0.717) is 0 Å². The van der Waals surface area contributed by atoms with Crippen LogP contribution in [0.25, 0.3) is 0 Å². The van der Waals surface area contributed by atoms with Gasteiger partial charge in [0.15, 0.2) is 5.69 Å². The molecule has 0 radical (unpaired) electrons. The van der Waals surface area contributed by atoms with Crippen LogP contribution in [0.3, 0.4) is 0 Å². The molecule has 0 bridgehead atoms. The van der Waals surface area contributed by atoms with Gasteiger partial charge in [-0.25, -0.2) is 13.8 Å². The van der Waals surface area contributed by atoms with E-state index in [1.54, 1.807) is 6.07 Å². The fourth-order valence-corrected chi connectivity index (χ4v) is 1.02. The van der Waals surface area contributed by atoms with Crippen molar-refractivity contribution < 1.29 is 13.2 Å². The molecule has 0 atom stereocenters. The molecule has 0 saturated heterocycles. The van der Waals surface area contributed by atoms with Crippen LogP contribution >= 0.6 is 0 Å². The molecule has 1 aromatic heterocycles. The average molecular weight is 211 g/mol. The molecule has 1 aromatic rings. The molecule has 76 valence electrons. The lowest BCUT2D eigenvalue weighted by Crippen LogP contribution is -2.02. The summed E-state index contributed by atoms with van der Waals surface area (Å²) in [5, 5.41) is 16.7. The minimum Gasteiger partial charge on any atom is -0.208 e. The third-order valence-electron chi connectivity index (χ3n) is 1.69. The third-order valence-corrected chi connectivity index (χ3v) is 1.69. The molecular formula is C9H4F3N3. The van der Waals surface area contributed by atoms with Gasteiger partial charge in [0.05, 0.1) is 18.1 Å². The first-order valence-electron chi connectivity index (χ1n) is 3.84. The summed E-state index contributed by atoms with van der Waals surface area (Å²) in [5.41, 5.74) is -1.53. The Bertz CT molecular complexity index is 457. The van der Waals surface area contributed by atoms with Crippen LogP contribution in [0.2, 0.25) is 0 Å². The number of nitrogens with zero attached hydrogens (tertiary/aromatic N) is 3. The van der Waals surface area contributed by atoms with E-state index in [1.165, 1.54) is 6.07 Å². The summed E-state index contributed by atoms with van der Waals surface area (Å²) in [5.74, 6) is -1.06. The molecule has 0 aliphatic heterocycles. The highest BCUT2D eigenvalue weighted by Gasteiger charge is 2.18. The van der Waals surface area contributed by atoms with Gasteiger partial charge < -0.3 is 0 Å². The molecule has 3 nitrogen and oxygen atoms in total. The molecule has 0 aliphatic carbocycles. The van der Waals surface area contributed by atoms with Gasteiger partial charge >= 0.3 is 0 Å². The van der Waals surface area contributed by atoms with Crippen LogP contribution in [-0.4, -0.2) is 4.98 Å². The van der Waals surface area contributed by atoms with Gasteiger partial charge in [-0.05, 0) is 6.07 Å². The lowest BCUT2D eigenvalue weighted by Gasteiger charge is -2.04. The average Bonchev–Trinajstić information content (AvgIpc) is 2.20. The Morgan fingerprint density at radius 1 is 1.40 bits per heavy atom. The van der Waals surface area contributed by atoms with Gasteiger partial charge in [0.2, 0.25) is 5.95 Å². The molecule has 0 saturated carbocycles. The van der Waals surface area contributed by atoms with Crippen LogP contribution in [0.1, 0.15) is 23.2 Å². The first-order valence-corrected chi connectivity index (χ1v) is 3.84. The van der Waals surface area contributed by atoms with Crippen molar-refractivity contribution in [3.05, 3.63) is 28.8 Å². The summed E-state index contributed by atoms with van der Waals surface area (Å²) < 4.78 is 37.7. The zero-order chi connectivity index (χ0) is 11.4. The second-order valence-electron chi connectivity index (χ2n) is 2.62. The topological polar surface area (TPSA) is 60.5 Å². The van der Waals surface area contributed by atoms with Crippen LogP contribution < -0.4 is 0 Å². The van der Waals surface area contributed by atoms with Crippen molar-refractivity contribution in [3.63, 3.8) is 0 Å². The van der Waals surface area contributed by atoms with Crippen molar-refractivity contribution >= 4 is 0 Å². The molecule has 0 unspecified atom stereocenters. The summed E-state index contributed by atoms with van der Waals surface area (Å²) in [6.07, 6.45) is -3.27. The first-order chi connectivity index (χ1) is 7.10. The second-order valence-corrected chi connectivity index (χ2v) is 2.62. The highest BCUT2D eigenvalue weighted by atomic mass is 19.3. The van der Waals surface area contributed by atoms with E-state index in [9.17, 15) is 13.2 Å². The van der Waals surface area contributed by atoms with Crippen molar-refractivity contribution in [2.75, 3.05) is 0 Å². The van der Waals surface area contributed by atoms with E-state index < -0.39 is 23.6 Å². The number of nitriles is 2. The minimum atomic E-state index is -2.91. The number of hydrogen-bond acceptors (Lipinski definition) is 3. The monoisotopic (exact) mass is 211 g/mol. The zero-order valence-corrected chi connectivity index (χ0v) is 7.34. The Kier molecular flexibility index (Phi) is 3.25. The maximum absolute atomic E-state index is 13.0. The smallest absolute Gasteiger partial charge is 0.208 e. The van der Waals surface area contributed by atoms with E-state index in [4.69, 9.17) is 10.5 Å². The van der Waals surface area contributed by atoms with Crippen LogP contribution in [0.4, 0.5) is 13.2 Å². The van der Waals surface area contributed by atoms with Gasteiger partial charge in [-0.1, -0.05) is 0 Å². The van der Waals surface area contributed by atoms with E-state index in [-0.39, 0.29) is 12.0 Å². The Labute approximate surface area is 83.4 Å². The Morgan fingerprint density at radius 3 is 2.53 bits per heavy atom. The molecule has 15 heavy (non-hydrogen) atoms. The van der Waals surface area contributed by atoms with Crippen LogP contribution in [-0.2, 0) is 6.42 Å². The molecule has 1 rings (SSSR count). The Hall–Kier alpha value is -2.08. The predicted octanol–water partition coefficient (Wildman–Crippen LogP) is 2.10. The number of halogens is 3. The number of pyridine rings is 1. The largest absolute Gasteiger partial charge is 0.266 e. The van der Waals surface area contributed by atoms with E-state index in [0.717, 1.165) is 6.07 Å². The fraction of sp³-hybridized carbons (Fsp3) is 0.222. The predicted molar refractivity (Wildman–Crippen MR) is 43.2 cm³/mol. The lowest BCUT2D eigenvalue weighted by molar-refractivity contribution is 0.150. The van der Waals surface area contributed by atoms with Crippen LogP contribution in [0.5, 0.6) is 0 Å². The van der Waals surface area contributed by atoms with Gasteiger partial charge in [-0.15, -0.1) is 0 Å². The molecule has 0 spiro atoms. The molecule has 0 amide bonds. The molecule has 0 N–H and O–H groups in total. The molecule has 0 aliphatic rings. The summed E-state index contributed by atoms with van der Waals surface area (Å²) in [4.78, 5) is 3.07. The van der Waals surface area contributed by atoms with Gasteiger partial charge in [-0.3, -0.25) is 0 Å². The molecular weight excluding hydrogens is 207 g/mol. The van der Waals surface area contributed by atoms with Gasteiger partial charge in [0.25, 0.3) is 6.43 Å². The van der Waals surface area contributed by atoms with Crippen molar-refractivity contribution in [2.24, 2.45) is 0 Å². The number of alkyl halides is 2. The molecule has 0 fully saturated rings. The summed E-state index contributed by atoms with van der Waals surface area (Å²) in [6.45, 7) is 0. The van der Waals surface area contributed by atoms with E-state index >= 15 is 0 Å². The number of rotatable bonds is 2. The standard InChI is InChI=1S/C9H4F3N3/c10-8(11)6-3-5(1-2-13)9(12)15-7(6)4-14/h3,8H,1H2. The normalized spacial score (nSPS) is 9.73. The molecule has 0 aromatic carbocycles. The Morgan fingerprint density at radius 2 is 2.07 bits per heavy atom. The zero-order valence-electron chi connectivity index (χ0n) is 7.34. The van der Waals surface area contributed by atoms with Gasteiger partial charge in [0.1, 0.15) is 6.07 Å². The highest BCUT2D eigenvalue weighted by Crippen LogP contribution is 2.23.